The Bertz CT molecular complexity index is 919. The normalized spacial score (nSPS) is 17.1. The molecular formula is C18H15ClF5N3O. The highest BCUT2D eigenvalue weighted by atomic mass is 35.5. The Morgan fingerprint density at radius 2 is 2.00 bits per heavy atom. The van der Waals surface area contributed by atoms with Crippen LogP contribution in [-0.4, -0.2) is 23.5 Å². The summed E-state index contributed by atoms with van der Waals surface area (Å²) < 4.78 is 66.5. The van der Waals surface area contributed by atoms with Crippen LogP contribution in [0, 0.1) is 18.6 Å². The number of carbonyl (C=O) groups excluding carboxylic acids is 1. The van der Waals surface area contributed by atoms with Gasteiger partial charge in [0.05, 0.1) is 11.3 Å². The Morgan fingerprint density at radius 1 is 1.29 bits per heavy atom. The number of aromatic nitrogens is 1. The number of anilines is 2. The zero-order valence-corrected chi connectivity index (χ0v) is 15.3. The molecule has 1 aromatic heterocycles. The lowest BCUT2D eigenvalue weighted by Crippen LogP contribution is -2.40. The van der Waals surface area contributed by atoms with Crippen molar-refractivity contribution >= 4 is 29.0 Å². The molecule has 4 nitrogen and oxygen atoms in total. The summed E-state index contributed by atoms with van der Waals surface area (Å²) in [5.74, 6) is -2.71. The molecule has 2 aromatic rings. The summed E-state index contributed by atoms with van der Waals surface area (Å²) in [6.45, 7) is 1.75. The van der Waals surface area contributed by atoms with Gasteiger partial charge in [0.1, 0.15) is 22.7 Å². The Morgan fingerprint density at radius 3 is 2.68 bits per heavy atom. The lowest BCUT2D eigenvalue weighted by molar-refractivity contribution is -0.137. The summed E-state index contributed by atoms with van der Waals surface area (Å²) in [6.07, 6.45) is -3.66. The fraction of sp³-hybridized carbons (Fsp3) is 0.333. The van der Waals surface area contributed by atoms with Gasteiger partial charge in [-0.15, -0.1) is 0 Å². The van der Waals surface area contributed by atoms with Crippen molar-refractivity contribution in [3.05, 3.63) is 52.2 Å². The van der Waals surface area contributed by atoms with E-state index in [0.717, 1.165) is 24.3 Å². The van der Waals surface area contributed by atoms with Crippen LogP contribution in [0.25, 0.3) is 0 Å². The van der Waals surface area contributed by atoms with Crippen LogP contribution in [0.3, 0.4) is 0 Å². The van der Waals surface area contributed by atoms with Gasteiger partial charge in [-0.3, -0.25) is 4.79 Å². The number of halogens is 6. The lowest BCUT2D eigenvalue weighted by Gasteiger charge is -2.26. The Kier molecular flexibility index (Phi) is 5.47. The summed E-state index contributed by atoms with van der Waals surface area (Å²) in [7, 11) is 0. The van der Waals surface area contributed by atoms with E-state index in [4.69, 9.17) is 11.6 Å². The van der Waals surface area contributed by atoms with Gasteiger partial charge in [0.25, 0.3) is 0 Å². The van der Waals surface area contributed by atoms with Crippen molar-refractivity contribution in [2.75, 3.05) is 16.8 Å². The van der Waals surface area contributed by atoms with Crippen LogP contribution in [0.2, 0.25) is 5.02 Å². The summed E-state index contributed by atoms with van der Waals surface area (Å²) >= 11 is 5.50. The second-order valence-electron chi connectivity index (χ2n) is 6.42. The highest BCUT2D eigenvalue weighted by Crippen LogP contribution is 2.34. The number of pyridine rings is 1. The van der Waals surface area contributed by atoms with Gasteiger partial charge >= 0.3 is 6.18 Å². The third kappa shape index (κ3) is 4.04. The maximum Gasteiger partial charge on any atom is 0.416 e. The zero-order chi connectivity index (χ0) is 20.6. The molecule has 10 heteroatoms. The molecule has 0 radical (unpaired) electrons. The molecule has 0 unspecified atom stereocenters. The minimum absolute atomic E-state index is 0.0163. The average molecular weight is 420 g/mol. The minimum Gasteiger partial charge on any atom is -0.345 e. The van der Waals surface area contributed by atoms with Gasteiger partial charge in [0.2, 0.25) is 5.91 Å². The van der Waals surface area contributed by atoms with Gasteiger partial charge in [0.15, 0.2) is 5.82 Å². The SMILES string of the molecule is Cc1cc(C(F)(F)F)cc(N2CCC[C@H]2C(=O)Nc2ccc(F)c(Cl)c2F)n1. The van der Waals surface area contributed by atoms with E-state index in [1.807, 2.05) is 0 Å². The Balaban J connectivity index is 1.86. The molecule has 28 heavy (non-hydrogen) atoms. The molecule has 1 atom stereocenters. The molecule has 3 rings (SSSR count). The molecule has 1 amide bonds. The van der Waals surface area contributed by atoms with Crippen LogP contribution in [-0.2, 0) is 11.0 Å². The van der Waals surface area contributed by atoms with E-state index in [1.54, 1.807) is 0 Å². The van der Waals surface area contributed by atoms with E-state index in [0.29, 0.717) is 19.4 Å². The first-order valence-corrected chi connectivity index (χ1v) is 8.72. The number of alkyl halides is 3. The third-order valence-corrected chi connectivity index (χ3v) is 4.76. The van der Waals surface area contributed by atoms with Gasteiger partial charge in [-0.2, -0.15) is 13.2 Å². The molecule has 1 fully saturated rings. The second kappa shape index (κ2) is 7.54. The molecule has 1 aromatic carbocycles. The largest absolute Gasteiger partial charge is 0.416 e. The van der Waals surface area contributed by atoms with Gasteiger partial charge < -0.3 is 10.2 Å². The topological polar surface area (TPSA) is 45.2 Å². The van der Waals surface area contributed by atoms with Gasteiger partial charge in [-0.05, 0) is 44.0 Å². The van der Waals surface area contributed by atoms with E-state index >= 15 is 0 Å². The predicted octanol–water partition coefficient (Wildman–Crippen LogP) is 4.95. The van der Waals surface area contributed by atoms with Crippen molar-refractivity contribution < 1.29 is 26.7 Å². The minimum atomic E-state index is -4.55. The van der Waals surface area contributed by atoms with Crippen LogP contribution in [0.15, 0.2) is 24.3 Å². The smallest absolute Gasteiger partial charge is 0.345 e. The summed E-state index contributed by atoms with van der Waals surface area (Å²) in [6, 6.07) is 2.89. The van der Waals surface area contributed by atoms with E-state index in [1.165, 1.54) is 11.8 Å². The van der Waals surface area contributed by atoms with Crippen molar-refractivity contribution in [3.63, 3.8) is 0 Å². The van der Waals surface area contributed by atoms with E-state index in [9.17, 15) is 26.7 Å². The third-order valence-electron chi connectivity index (χ3n) is 4.41. The first-order valence-electron chi connectivity index (χ1n) is 8.35. The molecule has 2 heterocycles. The number of nitrogens with zero attached hydrogens (tertiary/aromatic N) is 2. The van der Waals surface area contributed by atoms with Crippen molar-refractivity contribution in [2.24, 2.45) is 0 Å². The number of rotatable bonds is 3. The number of aryl methyl sites for hydroxylation is 1. The molecule has 1 aliphatic heterocycles. The summed E-state index contributed by atoms with van der Waals surface area (Å²) in [4.78, 5) is 18.2. The fourth-order valence-corrected chi connectivity index (χ4v) is 3.28. The summed E-state index contributed by atoms with van der Waals surface area (Å²) in [5.41, 5.74) is -1.01. The number of amides is 1. The van der Waals surface area contributed by atoms with Gasteiger partial charge in [-0.25, -0.2) is 13.8 Å². The Labute approximate surface area is 162 Å². The highest BCUT2D eigenvalue weighted by Gasteiger charge is 2.36. The van der Waals surface area contributed by atoms with Crippen LogP contribution in [0.1, 0.15) is 24.1 Å². The second-order valence-corrected chi connectivity index (χ2v) is 6.79. The van der Waals surface area contributed by atoms with E-state index in [2.05, 4.69) is 10.3 Å². The first-order chi connectivity index (χ1) is 13.1. The molecule has 150 valence electrons. The fourth-order valence-electron chi connectivity index (χ4n) is 3.11. The van der Waals surface area contributed by atoms with Crippen molar-refractivity contribution in [3.8, 4) is 0 Å². The molecule has 0 bridgehead atoms. The van der Waals surface area contributed by atoms with Crippen LogP contribution in [0.4, 0.5) is 33.5 Å². The standard InChI is InChI=1S/C18H15ClF5N3O/c1-9-7-10(18(22,23)24)8-14(25-9)27-6-2-3-13(27)17(28)26-12-5-4-11(20)15(19)16(12)21/h4-5,7-8,13H,2-3,6H2,1H3,(H,26,28)/t13-/m0/s1. The zero-order valence-electron chi connectivity index (χ0n) is 14.6. The number of hydrogen-bond donors (Lipinski definition) is 1. The van der Waals surface area contributed by atoms with Crippen molar-refractivity contribution in [1.29, 1.82) is 0 Å². The number of carbonyl (C=O) groups is 1. The van der Waals surface area contributed by atoms with Crippen LogP contribution >= 0.6 is 11.6 Å². The van der Waals surface area contributed by atoms with Crippen molar-refractivity contribution in [1.82, 2.24) is 4.98 Å². The van der Waals surface area contributed by atoms with Crippen LogP contribution < -0.4 is 10.2 Å². The van der Waals surface area contributed by atoms with Crippen molar-refractivity contribution in [2.45, 2.75) is 32.0 Å². The molecule has 1 N–H and O–H groups in total. The highest BCUT2D eigenvalue weighted by molar-refractivity contribution is 6.31. The van der Waals surface area contributed by atoms with Gasteiger partial charge in [0, 0.05) is 12.2 Å². The molecule has 0 aliphatic carbocycles. The molecule has 0 spiro atoms. The monoisotopic (exact) mass is 419 g/mol. The predicted molar refractivity (Wildman–Crippen MR) is 94.3 cm³/mol. The number of hydrogen-bond acceptors (Lipinski definition) is 3. The molecule has 0 saturated carbocycles. The average Bonchev–Trinajstić information content (AvgIpc) is 3.11. The molecule has 1 saturated heterocycles. The molecular weight excluding hydrogens is 405 g/mol. The summed E-state index contributed by atoms with van der Waals surface area (Å²) in [5, 5.41) is 1.57. The lowest BCUT2D eigenvalue weighted by atomic mass is 10.1. The number of benzene rings is 1. The first kappa shape index (κ1) is 20.3. The number of nitrogens with one attached hydrogen (secondary N) is 1. The van der Waals surface area contributed by atoms with E-state index in [-0.39, 0.29) is 17.2 Å². The quantitative estimate of drug-likeness (QED) is 0.565. The maximum absolute atomic E-state index is 14.0. The van der Waals surface area contributed by atoms with E-state index < -0.39 is 40.3 Å². The van der Waals surface area contributed by atoms with Gasteiger partial charge in [-0.1, -0.05) is 11.6 Å². The maximum atomic E-state index is 14.0. The Hall–Kier alpha value is -2.42. The van der Waals surface area contributed by atoms with Crippen LogP contribution in [0.5, 0.6) is 0 Å². The molecule has 1 aliphatic rings.